The zero-order valence-electron chi connectivity index (χ0n) is 11.6. The maximum atomic E-state index is 12.0. The predicted octanol–water partition coefficient (Wildman–Crippen LogP) is -0.143. The van der Waals surface area contributed by atoms with Crippen molar-refractivity contribution in [3.63, 3.8) is 0 Å². The number of amides is 1. The van der Waals surface area contributed by atoms with Crippen LogP contribution in [0.1, 0.15) is 22.8 Å². The number of rotatable bonds is 8. The molecule has 112 valence electrons. The first-order chi connectivity index (χ1) is 9.50. The summed E-state index contributed by atoms with van der Waals surface area (Å²) >= 11 is 0. The Morgan fingerprint density at radius 2 is 2.00 bits per heavy atom. The van der Waals surface area contributed by atoms with Crippen LogP contribution in [0.15, 0.2) is 24.3 Å². The molecule has 0 heterocycles. The summed E-state index contributed by atoms with van der Waals surface area (Å²) in [7, 11) is -3.31. The van der Waals surface area contributed by atoms with Crippen molar-refractivity contribution in [3.8, 4) is 0 Å². The molecule has 1 aromatic carbocycles. The zero-order valence-corrected chi connectivity index (χ0v) is 12.4. The van der Waals surface area contributed by atoms with E-state index in [0.717, 1.165) is 5.56 Å². The lowest BCUT2D eigenvalue weighted by atomic mass is 10.0. The fourth-order valence-electron chi connectivity index (χ4n) is 1.80. The smallest absolute Gasteiger partial charge is 0.251 e. The molecule has 1 aromatic rings. The SMILES string of the molecule is CCNS(=O)(=O)CCNC(=O)c1ccccc1CCN. The summed E-state index contributed by atoms with van der Waals surface area (Å²) in [5.74, 6) is -0.410. The summed E-state index contributed by atoms with van der Waals surface area (Å²) in [5, 5.41) is 2.61. The molecule has 0 atom stereocenters. The molecule has 20 heavy (non-hydrogen) atoms. The zero-order chi connectivity index (χ0) is 15.0. The number of hydrogen-bond acceptors (Lipinski definition) is 4. The molecule has 0 saturated heterocycles. The molecular weight excluding hydrogens is 278 g/mol. The first kappa shape index (κ1) is 16.6. The first-order valence-electron chi connectivity index (χ1n) is 6.53. The van der Waals surface area contributed by atoms with Crippen LogP contribution < -0.4 is 15.8 Å². The lowest BCUT2D eigenvalue weighted by Crippen LogP contribution is -2.34. The second kappa shape index (κ2) is 7.98. The van der Waals surface area contributed by atoms with Gasteiger partial charge in [0.25, 0.3) is 5.91 Å². The van der Waals surface area contributed by atoms with Gasteiger partial charge in [-0.1, -0.05) is 25.1 Å². The fourth-order valence-corrected chi connectivity index (χ4v) is 2.76. The van der Waals surface area contributed by atoms with E-state index in [1.807, 2.05) is 12.1 Å². The van der Waals surface area contributed by atoms with E-state index in [9.17, 15) is 13.2 Å². The number of nitrogens with one attached hydrogen (secondary N) is 2. The summed E-state index contributed by atoms with van der Waals surface area (Å²) in [5.41, 5.74) is 6.90. The van der Waals surface area contributed by atoms with Crippen molar-refractivity contribution >= 4 is 15.9 Å². The molecule has 0 saturated carbocycles. The average Bonchev–Trinajstić information content (AvgIpc) is 2.39. The third-order valence-electron chi connectivity index (χ3n) is 2.70. The standard InChI is InChI=1S/C13H21N3O3S/c1-2-16-20(18,19)10-9-15-13(17)12-6-4-3-5-11(12)7-8-14/h3-6,16H,2,7-10,14H2,1H3,(H,15,17). The van der Waals surface area contributed by atoms with Crippen LogP contribution in [-0.4, -0.2) is 39.7 Å². The van der Waals surface area contributed by atoms with E-state index < -0.39 is 10.0 Å². The van der Waals surface area contributed by atoms with Crippen molar-refractivity contribution in [2.24, 2.45) is 5.73 Å². The number of nitrogens with two attached hydrogens (primary N) is 1. The van der Waals surface area contributed by atoms with E-state index in [-0.39, 0.29) is 18.2 Å². The van der Waals surface area contributed by atoms with Gasteiger partial charge in [0, 0.05) is 18.7 Å². The van der Waals surface area contributed by atoms with Crippen molar-refractivity contribution in [3.05, 3.63) is 35.4 Å². The van der Waals surface area contributed by atoms with Gasteiger partial charge < -0.3 is 11.1 Å². The molecule has 4 N–H and O–H groups in total. The molecule has 1 rings (SSSR count). The number of carbonyl (C=O) groups is 1. The van der Waals surface area contributed by atoms with Gasteiger partial charge in [-0.3, -0.25) is 4.79 Å². The van der Waals surface area contributed by atoms with Crippen LogP contribution in [0.5, 0.6) is 0 Å². The van der Waals surface area contributed by atoms with Gasteiger partial charge in [0.15, 0.2) is 0 Å². The summed E-state index contributed by atoms with van der Waals surface area (Å²) in [4.78, 5) is 12.0. The predicted molar refractivity (Wildman–Crippen MR) is 79.0 cm³/mol. The minimum Gasteiger partial charge on any atom is -0.351 e. The van der Waals surface area contributed by atoms with E-state index in [4.69, 9.17) is 5.73 Å². The molecule has 0 radical (unpaired) electrons. The molecule has 0 aromatic heterocycles. The van der Waals surface area contributed by atoms with Crippen molar-refractivity contribution in [2.45, 2.75) is 13.3 Å². The summed E-state index contributed by atoms with van der Waals surface area (Å²) in [6.45, 7) is 2.58. The lowest BCUT2D eigenvalue weighted by Gasteiger charge is -2.10. The normalized spacial score (nSPS) is 11.3. The van der Waals surface area contributed by atoms with Gasteiger partial charge in [-0.15, -0.1) is 0 Å². The molecule has 0 unspecified atom stereocenters. The van der Waals surface area contributed by atoms with Crippen molar-refractivity contribution < 1.29 is 13.2 Å². The van der Waals surface area contributed by atoms with E-state index in [0.29, 0.717) is 25.1 Å². The largest absolute Gasteiger partial charge is 0.351 e. The number of hydrogen-bond donors (Lipinski definition) is 3. The van der Waals surface area contributed by atoms with Gasteiger partial charge in [-0.05, 0) is 24.6 Å². The van der Waals surface area contributed by atoms with Crippen LogP contribution in [0.3, 0.4) is 0 Å². The van der Waals surface area contributed by atoms with Crippen molar-refractivity contribution in [1.29, 1.82) is 0 Å². The summed E-state index contributed by atoms with van der Waals surface area (Å²) in [6.07, 6.45) is 0.610. The monoisotopic (exact) mass is 299 g/mol. The van der Waals surface area contributed by atoms with Crippen LogP contribution >= 0.6 is 0 Å². The molecule has 6 nitrogen and oxygen atoms in total. The Bertz CT molecular complexity index is 544. The minimum atomic E-state index is -3.31. The molecule has 1 amide bonds. The highest BCUT2D eigenvalue weighted by Crippen LogP contribution is 2.08. The summed E-state index contributed by atoms with van der Waals surface area (Å²) in [6, 6.07) is 7.16. The Hall–Kier alpha value is -1.44. The maximum Gasteiger partial charge on any atom is 0.251 e. The highest BCUT2D eigenvalue weighted by Gasteiger charge is 2.12. The fraction of sp³-hybridized carbons (Fsp3) is 0.462. The molecule has 0 bridgehead atoms. The Labute approximate surface area is 119 Å². The number of benzene rings is 1. The Balaban J connectivity index is 2.60. The Morgan fingerprint density at radius 3 is 2.65 bits per heavy atom. The molecule has 0 aliphatic rings. The van der Waals surface area contributed by atoms with Crippen LogP contribution in [0.2, 0.25) is 0 Å². The van der Waals surface area contributed by atoms with E-state index in [1.165, 1.54) is 0 Å². The number of sulfonamides is 1. The van der Waals surface area contributed by atoms with Crippen molar-refractivity contribution in [2.75, 3.05) is 25.4 Å². The molecule has 0 aliphatic heterocycles. The third-order valence-corrected chi connectivity index (χ3v) is 4.17. The van der Waals surface area contributed by atoms with Gasteiger partial charge in [0.05, 0.1) is 5.75 Å². The molecular formula is C13H21N3O3S. The molecule has 0 fully saturated rings. The van der Waals surface area contributed by atoms with Gasteiger partial charge >= 0.3 is 0 Å². The second-order valence-corrected chi connectivity index (χ2v) is 6.19. The van der Waals surface area contributed by atoms with Gasteiger partial charge in [0.1, 0.15) is 0 Å². The van der Waals surface area contributed by atoms with Crippen molar-refractivity contribution in [1.82, 2.24) is 10.0 Å². The first-order valence-corrected chi connectivity index (χ1v) is 8.19. The topological polar surface area (TPSA) is 101 Å². The molecule has 0 spiro atoms. The summed E-state index contributed by atoms with van der Waals surface area (Å²) < 4.78 is 25.2. The number of carbonyl (C=O) groups excluding carboxylic acids is 1. The van der Waals surface area contributed by atoms with Crippen LogP contribution in [0, 0.1) is 0 Å². The molecule has 0 aliphatic carbocycles. The second-order valence-electron chi connectivity index (χ2n) is 4.27. The average molecular weight is 299 g/mol. The van der Waals surface area contributed by atoms with Crippen LogP contribution in [-0.2, 0) is 16.4 Å². The van der Waals surface area contributed by atoms with Gasteiger partial charge in [0.2, 0.25) is 10.0 Å². The van der Waals surface area contributed by atoms with E-state index in [1.54, 1.807) is 19.1 Å². The lowest BCUT2D eigenvalue weighted by molar-refractivity contribution is 0.0955. The van der Waals surface area contributed by atoms with E-state index in [2.05, 4.69) is 10.0 Å². The van der Waals surface area contributed by atoms with Gasteiger partial charge in [-0.2, -0.15) is 0 Å². The third kappa shape index (κ3) is 5.28. The quantitative estimate of drug-likeness (QED) is 0.621. The maximum absolute atomic E-state index is 12.0. The highest BCUT2D eigenvalue weighted by atomic mass is 32.2. The Kier molecular flexibility index (Phi) is 6.63. The van der Waals surface area contributed by atoms with Crippen LogP contribution in [0.25, 0.3) is 0 Å². The highest BCUT2D eigenvalue weighted by molar-refractivity contribution is 7.89. The Morgan fingerprint density at radius 1 is 1.30 bits per heavy atom. The van der Waals surface area contributed by atoms with E-state index >= 15 is 0 Å². The van der Waals surface area contributed by atoms with Crippen LogP contribution in [0.4, 0.5) is 0 Å². The molecule has 7 heteroatoms. The van der Waals surface area contributed by atoms with Gasteiger partial charge in [-0.25, -0.2) is 13.1 Å². The minimum absolute atomic E-state index is 0.0745.